The van der Waals surface area contributed by atoms with Crippen LogP contribution >= 0.6 is 0 Å². The van der Waals surface area contributed by atoms with Crippen molar-refractivity contribution in [2.45, 2.75) is 39.2 Å². The van der Waals surface area contributed by atoms with Crippen molar-refractivity contribution in [2.75, 3.05) is 24.5 Å². The molecule has 4 heteroatoms. The van der Waals surface area contributed by atoms with E-state index in [4.69, 9.17) is 0 Å². The van der Waals surface area contributed by atoms with Crippen molar-refractivity contribution in [2.24, 2.45) is 5.92 Å². The molecule has 0 aromatic carbocycles. The highest BCUT2D eigenvalue weighted by molar-refractivity contribution is 5.37. The Morgan fingerprint density at radius 2 is 2.28 bits per heavy atom. The van der Waals surface area contributed by atoms with Gasteiger partial charge in [-0.25, -0.2) is 4.98 Å². The first kappa shape index (κ1) is 13.3. The number of hydrogen-bond acceptors (Lipinski definition) is 4. The fourth-order valence-electron chi connectivity index (χ4n) is 2.49. The van der Waals surface area contributed by atoms with Gasteiger partial charge in [0.05, 0.1) is 6.20 Å². The lowest BCUT2D eigenvalue weighted by Crippen LogP contribution is -2.46. The highest BCUT2D eigenvalue weighted by atomic mass is 15.2. The predicted molar refractivity (Wildman–Crippen MR) is 74.7 cm³/mol. The van der Waals surface area contributed by atoms with Crippen molar-refractivity contribution in [1.82, 2.24) is 15.3 Å². The Morgan fingerprint density at radius 1 is 1.39 bits per heavy atom. The van der Waals surface area contributed by atoms with Crippen LogP contribution in [-0.2, 0) is 0 Å². The third kappa shape index (κ3) is 3.67. The van der Waals surface area contributed by atoms with Crippen molar-refractivity contribution >= 4 is 5.82 Å². The molecule has 1 atom stereocenters. The Labute approximate surface area is 110 Å². The van der Waals surface area contributed by atoms with E-state index in [1.807, 2.05) is 6.20 Å². The van der Waals surface area contributed by atoms with Crippen molar-refractivity contribution in [3.8, 4) is 0 Å². The Morgan fingerprint density at radius 3 is 3.00 bits per heavy atom. The molecule has 1 aliphatic heterocycles. The van der Waals surface area contributed by atoms with E-state index in [-0.39, 0.29) is 0 Å². The quantitative estimate of drug-likeness (QED) is 0.866. The van der Waals surface area contributed by atoms with E-state index < -0.39 is 0 Å². The highest BCUT2D eigenvalue weighted by Gasteiger charge is 2.23. The number of aromatic nitrogens is 2. The van der Waals surface area contributed by atoms with Gasteiger partial charge in [0.25, 0.3) is 0 Å². The largest absolute Gasteiger partial charge is 0.351 e. The molecule has 1 N–H and O–H groups in total. The molecule has 18 heavy (non-hydrogen) atoms. The summed E-state index contributed by atoms with van der Waals surface area (Å²) in [6.45, 7) is 7.73. The van der Waals surface area contributed by atoms with Crippen LogP contribution in [0.3, 0.4) is 0 Å². The van der Waals surface area contributed by atoms with Gasteiger partial charge in [0, 0.05) is 31.5 Å². The van der Waals surface area contributed by atoms with Crippen molar-refractivity contribution in [3.63, 3.8) is 0 Å². The van der Waals surface area contributed by atoms with Gasteiger partial charge in [-0.1, -0.05) is 13.8 Å². The summed E-state index contributed by atoms with van der Waals surface area (Å²) in [7, 11) is 0. The SMILES string of the molecule is CC(C)CNCC1CCCCN1c1cnccn1. The van der Waals surface area contributed by atoms with Crippen LogP contribution in [0.5, 0.6) is 0 Å². The van der Waals surface area contributed by atoms with Crippen LogP contribution < -0.4 is 10.2 Å². The molecule has 0 amide bonds. The molecular formula is C14H24N4. The summed E-state index contributed by atoms with van der Waals surface area (Å²) in [6, 6.07) is 0.564. The van der Waals surface area contributed by atoms with Gasteiger partial charge < -0.3 is 10.2 Å². The summed E-state index contributed by atoms with van der Waals surface area (Å²) in [5.74, 6) is 1.73. The minimum Gasteiger partial charge on any atom is -0.351 e. The number of nitrogens with one attached hydrogen (secondary N) is 1. The predicted octanol–water partition coefficient (Wildman–Crippen LogP) is 2.08. The fraction of sp³-hybridized carbons (Fsp3) is 0.714. The number of piperidine rings is 1. The van der Waals surface area contributed by atoms with E-state index in [0.717, 1.165) is 25.5 Å². The lowest BCUT2D eigenvalue weighted by Gasteiger charge is -2.36. The molecule has 1 aliphatic rings. The van der Waals surface area contributed by atoms with Crippen molar-refractivity contribution in [1.29, 1.82) is 0 Å². The topological polar surface area (TPSA) is 41.0 Å². The maximum absolute atomic E-state index is 4.43. The van der Waals surface area contributed by atoms with E-state index in [1.54, 1.807) is 12.4 Å². The van der Waals surface area contributed by atoms with E-state index in [0.29, 0.717) is 12.0 Å². The molecule has 4 nitrogen and oxygen atoms in total. The summed E-state index contributed by atoms with van der Waals surface area (Å²) < 4.78 is 0. The normalized spacial score (nSPS) is 20.4. The summed E-state index contributed by atoms with van der Waals surface area (Å²) in [4.78, 5) is 11.0. The molecule has 0 saturated carbocycles. The standard InChI is InChI=1S/C14H24N4/c1-12(2)9-16-10-13-5-3-4-8-18(13)14-11-15-6-7-17-14/h6-7,11-13,16H,3-5,8-10H2,1-2H3. The van der Waals surface area contributed by atoms with Gasteiger partial charge in [-0.3, -0.25) is 4.98 Å². The lowest BCUT2D eigenvalue weighted by atomic mass is 10.0. The molecule has 100 valence electrons. The monoisotopic (exact) mass is 248 g/mol. The number of rotatable bonds is 5. The van der Waals surface area contributed by atoms with Crippen LogP contribution in [0.25, 0.3) is 0 Å². The number of nitrogens with zero attached hydrogens (tertiary/aromatic N) is 3. The molecule has 0 bridgehead atoms. The van der Waals surface area contributed by atoms with Gasteiger partial charge in [0.15, 0.2) is 0 Å². The Balaban J connectivity index is 1.94. The second kappa shape index (κ2) is 6.69. The van der Waals surface area contributed by atoms with Gasteiger partial charge >= 0.3 is 0 Å². The smallest absolute Gasteiger partial charge is 0.147 e. The third-order valence-corrected chi connectivity index (χ3v) is 3.40. The van der Waals surface area contributed by atoms with Crippen LogP contribution in [0, 0.1) is 5.92 Å². The van der Waals surface area contributed by atoms with E-state index >= 15 is 0 Å². The van der Waals surface area contributed by atoms with Crippen molar-refractivity contribution < 1.29 is 0 Å². The van der Waals surface area contributed by atoms with E-state index in [1.165, 1.54) is 19.3 Å². The first-order chi connectivity index (χ1) is 8.77. The zero-order chi connectivity index (χ0) is 12.8. The van der Waals surface area contributed by atoms with Crippen LogP contribution in [0.15, 0.2) is 18.6 Å². The average Bonchev–Trinajstić information content (AvgIpc) is 2.40. The Kier molecular flexibility index (Phi) is 4.93. The summed E-state index contributed by atoms with van der Waals surface area (Å²) in [6.07, 6.45) is 9.23. The van der Waals surface area contributed by atoms with Gasteiger partial charge in [-0.15, -0.1) is 0 Å². The van der Waals surface area contributed by atoms with E-state index in [2.05, 4.69) is 34.0 Å². The first-order valence-electron chi connectivity index (χ1n) is 7.00. The summed E-state index contributed by atoms with van der Waals surface area (Å²) >= 11 is 0. The molecule has 0 spiro atoms. The second-order valence-electron chi connectivity index (χ2n) is 5.46. The Hall–Kier alpha value is -1.16. The van der Waals surface area contributed by atoms with Gasteiger partial charge in [0.2, 0.25) is 0 Å². The van der Waals surface area contributed by atoms with Crippen molar-refractivity contribution in [3.05, 3.63) is 18.6 Å². The lowest BCUT2D eigenvalue weighted by molar-refractivity contribution is 0.420. The molecule has 1 unspecified atom stereocenters. The number of hydrogen-bond donors (Lipinski definition) is 1. The second-order valence-corrected chi connectivity index (χ2v) is 5.46. The van der Waals surface area contributed by atoms with Crippen LogP contribution in [0.4, 0.5) is 5.82 Å². The first-order valence-corrected chi connectivity index (χ1v) is 7.00. The van der Waals surface area contributed by atoms with Gasteiger partial charge in [-0.05, 0) is 31.7 Å². The minimum atomic E-state index is 0.564. The maximum Gasteiger partial charge on any atom is 0.147 e. The molecule has 1 aromatic heterocycles. The molecule has 1 saturated heterocycles. The Bertz CT molecular complexity index is 339. The molecular weight excluding hydrogens is 224 g/mol. The third-order valence-electron chi connectivity index (χ3n) is 3.40. The van der Waals surface area contributed by atoms with E-state index in [9.17, 15) is 0 Å². The summed E-state index contributed by atoms with van der Waals surface area (Å²) in [5.41, 5.74) is 0. The molecule has 2 rings (SSSR count). The molecule has 1 aromatic rings. The minimum absolute atomic E-state index is 0.564. The number of anilines is 1. The van der Waals surface area contributed by atoms with Gasteiger partial charge in [0.1, 0.15) is 5.82 Å². The zero-order valence-electron chi connectivity index (χ0n) is 11.5. The molecule has 2 heterocycles. The molecule has 0 radical (unpaired) electrons. The molecule has 0 aliphatic carbocycles. The summed E-state index contributed by atoms with van der Waals surface area (Å²) in [5, 5.41) is 3.56. The average molecular weight is 248 g/mol. The highest BCUT2D eigenvalue weighted by Crippen LogP contribution is 2.21. The maximum atomic E-state index is 4.43. The van der Waals surface area contributed by atoms with Crippen LogP contribution in [-0.4, -0.2) is 35.6 Å². The molecule has 1 fully saturated rings. The fourth-order valence-corrected chi connectivity index (χ4v) is 2.49. The van der Waals surface area contributed by atoms with Crippen LogP contribution in [0.2, 0.25) is 0 Å². The van der Waals surface area contributed by atoms with Gasteiger partial charge in [-0.2, -0.15) is 0 Å². The zero-order valence-corrected chi connectivity index (χ0v) is 11.5. The van der Waals surface area contributed by atoms with Crippen LogP contribution in [0.1, 0.15) is 33.1 Å².